The first kappa shape index (κ1) is 10.6. The lowest BCUT2D eigenvalue weighted by Gasteiger charge is -2.02. The van der Waals surface area contributed by atoms with Gasteiger partial charge >= 0.3 is 0 Å². The Bertz CT molecular complexity index is 306. The van der Waals surface area contributed by atoms with E-state index in [4.69, 9.17) is 0 Å². The van der Waals surface area contributed by atoms with Gasteiger partial charge in [0.05, 0.1) is 4.47 Å². The Morgan fingerprint density at radius 1 is 1.62 bits per heavy atom. The first-order valence-corrected chi connectivity index (χ1v) is 5.47. The second-order valence-corrected chi connectivity index (χ2v) is 3.81. The van der Waals surface area contributed by atoms with Gasteiger partial charge in [0.2, 0.25) is 0 Å². The Hall–Kier alpha value is -0.490. The summed E-state index contributed by atoms with van der Waals surface area (Å²) < 4.78 is 0.599. The van der Waals surface area contributed by atoms with Crippen LogP contribution in [-0.2, 0) is 0 Å². The number of carbonyl (C=O) groups is 1. The number of alkyl halides is 1. The Morgan fingerprint density at radius 3 is 3.00 bits per heavy atom. The molecule has 0 saturated heterocycles. The van der Waals surface area contributed by atoms with Gasteiger partial charge in [0.1, 0.15) is 12.0 Å². The van der Waals surface area contributed by atoms with Crippen molar-refractivity contribution in [1.29, 1.82) is 0 Å². The standard InChI is InChI=1S/C7H7Br2N3O/c8-1-2-11-7(13)6-5(9)3-10-4-12-6/h3-4H,1-2H2,(H,11,13). The smallest absolute Gasteiger partial charge is 0.271 e. The summed E-state index contributed by atoms with van der Waals surface area (Å²) in [4.78, 5) is 19.0. The number of rotatable bonds is 3. The number of halogens is 2. The molecule has 70 valence electrons. The van der Waals surface area contributed by atoms with Crippen LogP contribution >= 0.6 is 31.9 Å². The molecular weight excluding hydrogens is 302 g/mol. The van der Waals surface area contributed by atoms with Crippen molar-refractivity contribution < 1.29 is 4.79 Å². The summed E-state index contributed by atoms with van der Waals surface area (Å²) in [5.41, 5.74) is 0.357. The highest BCUT2D eigenvalue weighted by molar-refractivity contribution is 9.10. The maximum Gasteiger partial charge on any atom is 0.271 e. The van der Waals surface area contributed by atoms with Gasteiger partial charge in [-0.2, -0.15) is 0 Å². The second kappa shape index (κ2) is 5.29. The van der Waals surface area contributed by atoms with Crippen molar-refractivity contribution in [2.24, 2.45) is 0 Å². The number of aromatic nitrogens is 2. The van der Waals surface area contributed by atoms with E-state index in [0.29, 0.717) is 16.7 Å². The molecule has 0 aliphatic rings. The first-order chi connectivity index (χ1) is 6.25. The maximum absolute atomic E-state index is 11.4. The lowest BCUT2D eigenvalue weighted by atomic mass is 10.4. The van der Waals surface area contributed by atoms with Crippen LogP contribution in [0.15, 0.2) is 17.0 Å². The van der Waals surface area contributed by atoms with Crippen molar-refractivity contribution >= 4 is 37.8 Å². The molecule has 1 aromatic rings. The molecule has 1 heterocycles. The molecule has 6 heteroatoms. The van der Waals surface area contributed by atoms with Crippen molar-refractivity contribution in [2.75, 3.05) is 11.9 Å². The Kier molecular flexibility index (Phi) is 4.31. The summed E-state index contributed by atoms with van der Waals surface area (Å²) in [6.07, 6.45) is 2.88. The largest absolute Gasteiger partial charge is 0.350 e. The van der Waals surface area contributed by atoms with E-state index in [2.05, 4.69) is 47.1 Å². The molecule has 0 spiro atoms. The van der Waals surface area contributed by atoms with Gasteiger partial charge in [-0.1, -0.05) is 15.9 Å². The number of carbonyl (C=O) groups excluding carboxylic acids is 1. The molecule has 1 aromatic heterocycles. The molecule has 1 N–H and O–H groups in total. The van der Waals surface area contributed by atoms with Crippen LogP contribution in [0.1, 0.15) is 10.5 Å². The van der Waals surface area contributed by atoms with Crippen molar-refractivity contribution in [1.82, 2.24) is 15.3 Å². The third-order valence-corrected chi connectivity index (χ3v) is 2.24. The van der Waals surface area contributed by atoms with Gasteiger partial charge < -0.3 is 5.32 Å². The molecular formula is C7H7Br2N3O. The van der Waals surface area contributed by atoms with E-state index < -0.39 is 0 Å². The quantitative estimate of drug-likeness (QED) is 0.858. The molecule has 1 amide bonds. The van der Waals surface area contributed by atoms with Gasteiger partial charge in [-0.25, -0.2) is 9.97 Å². The highest BCUT2D eigenvalue weighted by Crippen LogP contribution is 2.10. The molecule has 0 fully saturated rings. The molecule has 0 aromatic carbocycles. The maximum atomic E-state index is 11.4. The van der Waals surface area contributed by atoms with Gasteiger partial charge in [0, 0.05) is 18.1 Å². The summed E-state index contributed by atoms with van der Waals surface area (Å²) in [6, 6.07) is 0. The molecule has 0 aliphatic carbocycles. The number of nitrogens with one attached hydrogen (secondary N) is 1. The van der Waals surface area contributed by atoms with Gasteiger partial charge in [-0.15, -0.1) is 0 Å². The minimum Gasteiger partial charge on any atom is -0.350 e. The lowest BCUT2D eigenvalue weighted by Crippen LogP contribution is -2.26. The van der Waals surface area contributed by atoms with Crippen LogP contribution in [-0.4, -0.2) is 27.7 Å². The van der Waals surface area contributed by atoms with Crippen LogP contribution in [0.4, 0.5) is 0 Å². The summed E-state index contributed by atoms with van der Waals surface area (Å²) >= 11 is 6.40. The highest BCUT2D eigenvalue weighted by Gasteiger charge is 2.09. The zero-order chi connectivity index (χ0) is 9.68. The minimum atomic E-state index is -0.200. The normalized spacial score (nSPS) is 9.69. The third-order valence-electron chi connectivity index (χ3n) is 1.26. The summed E-state index contributed by atoms with van der Waals surface area (Å²) in [5.74, 6) is -0.200. The summed E-state index contributed by atoms with van der Waals surface area (Å²) in [7, 11) is 0. The second-order valence-electron chi connectivity index (χ2n) is 2.16. The summed E-state index contributed by atoms with van der Waals surface area (Å²) in [6.45, 7) is 0.579. The molecule has 0 saturated carbocycles. The predicted octanol–water partition coefficient (Wildman–Crippen LogP) is 1.36. The molecule has 1 rings (SSSR count). The van der Waals surface area contributed by atoms with Crippen LogP contribution in [0.5, 0.6) is 0 Å². The van der Waals surface area contributed by atoms with Crippen molar-refractivity contribution in [2.45, 2.75) is 0 Å². The zero-order valence-electron chi connectivity index (χ0n) is 6.63. The van der Waals surface area contributed by atoms with Gasteiger partial charge in [0.25, 0.3) is 5.91 Å². The Labute approximate surface area is 92.4 Å². The molecule has 0 radical (unpaired) electrons. The van der Waals surface area contributed by atoms with Gasteiger partial charge in [0.15, 0.2) is 0 Å². The third kappa shape index (κ3) is 3.04. The average molecular weight is 309 g/mol. The minimum absolute atomic E-state index is 0.200. The van der Waals surface area contributed by atoms with E-state index in [1.807, 2.05) is 0 Å². The van der Waals surface area contributed by atoms with Crippen LogP contribution in [0.2, 0.25) is 0 Å². The molecule has 0 aliphatic heterocycles. The fourth-order valence-corrected chi connectivity index (χ4v) is 1.32. The van der Waals surface area contributed by atoms with Crippen LogP contribution in [0.3, 0.4) is 0 Å². The first-order valence-electron chi connectivity index (χ1n) is 3.55. The monoisotopic (exact) mass is 307 g/mol. The van der Waals surface area contributed by atoms with Crippen LogP contribution in [0.25, 0.3) is 0 Å². The van der Waals surface area contributed by atoms with E-state index in [-0.39, 0.29) is 5.91 Å². The molecule has 0 atom stereocenters. The lowest BCUT2D eigenvalue weighted by molar-refractivity contribution is 0.0950. The molecule has 0 unspecified atom stereocenters. The van der Waals surface area contributed by atoms with Crippen molar-refractivity contribution in [3.63, 3.8) is 0 Å². The number of nitrogens with zero attached hydrogens (tertiary/aromatic N) is 2. The molecule has 13 heavy (non-hydrogen) atoms. The predicted molar refractivity (Wildman–Crippen MR) is 55.9 cm³/mol. The van der Waals surface area contributed by atoms with E-state index in [1.54, 1.807) is 0 Å². The van der Waals surface area contributed by atoms with Crippen LogP contribution < -0.4 is 5.32 Å². The highest BCUT2D eigenvalue weighted by atomic mass is 79.9. The van der Waals surface area contributed by atoms with E-state index >= 15 is 0 Å². The number of amides is 1. The van der Waals surface area contributed by atoms with Crippen molar-refractivity contribution in [3.8, 4) is 0 Å². The Morgan fingerprint density at radius 2 is 2.38 bits per heavy atom. The van der Waals surface area contributed by atoms with E-state index in [9.17, 15) is 4.79 Å². The van der Waals surface area contributed by atoms with Gasteiger partial charge in [-0.05, 0) is 15.9 Å². The average Bonchev–Trinajstić information content (AvgIpc) is 2.15. The number of hydrogen-bond donors (Lipinski definition) is 1. The fraction of sp³-hybridized carbons (Fsp3) is 0.286. The topological polar surface area (TPSA) is 54.9 Å². The Balaban J connectivity index is 2.71. The van der Waals surface area contributed by atoms with E-state index in [0.717, 1.165) is 5.33 Å². The molecule has 0 bridgehead atoms. The van der Waals surface area contributed by atoms with Crippen LogP contribution in [0, 0.1) is 0 Å². The SMILES string of the molecule is O=C(NCCBr)c1ncncc1Br. The zero-order valence-corrected chi connectivity index (χ0v) is 9.80. The molecule has 4 nitrogen and oxygen atoms in total. The number of hydrogen-bond acceptors (Lipinski definition) is 3. The summed E-state index contributed by atoms with van der Waals surface area (Å²) in [5, 5.41) is 3.41. The van der Waals surface area contributed by atoms with Crippen molar-refractivity contribution in [3.05, 3.63) is 22.7 Å². The fourth-order valence-electron chi connectivity index (χ4n) is 0.724. The van der Waals surface area contributed by atoms with E-state index in [1.165, 1.54) is 12.5 Å². The van der Waals surface area contributed by atoms with Gasteiger partial charge in [-0.3, -0.25) is 4.79 Å².